The molecule has 0 aliphatic carbocycles. The minimum Gasteiger partial charge on any atom is -0.495 e. The number of methoxy groups -OCH3 is 1. The van der Waals surface area contributed by atoms with Gasteiger partial charge in [-0.05, 0) is 49.4 Å². The van der Waals surface area contributed by atoms with Crippen molar-refractivity contribution in [1.29, 1.82) is 0 Å². The van der Waals surface area contributed by atoms with Gasteiger partial charge in [0.2, 0.25) is 0 Å². The van der Waals surface area contributed by atoms with Crippen LogP contribution in [0, 0.1) is 0 Å². The van der Waals surface area contributed by atoms with Gasteiger partial charge in [0, 0.05) is 28.8 Å². The summed E-state index contributed by atoms with van der Waals surface area (Å²) < 4.78 is 39.9. The molecule has 28 heavy (non-hydrogen) atoms. The van der Waals surface area contributed by atoms with Crippen molar-refractivity contribution in [2.45, 2.75) is 17.9 Å². The summed E-state index contributed by atoms with van der Waals surface area (Å²) in [5, 5.41) is 0. The SMILES string of the molecule is COc1ccc(C(=O)N2CCOC(C)C2)cc1S(=O)(=O)Nc1ccc(Br)cc1. The van der Waals surface area contributed by atoms with Crippen LogP contribution >= 0.6 is 15.9 Å². The van der Waals surface area contributed by atoms with Crippen molar-refractivity contribution in [3.05, 3.63) is 52.5 Å². The van der Waals surface area contributed by atoms with Crippen LogP contribution in [-0.2, 0) is 14.8 Å². The predicted molar refractivity (Wildman–Crippen MR) is 109 cm³/mol. The number of benzene rings is 2. The van der Waals surface area contributed by atoms with Gasteiger partial charge in [0.25, 0.3) is 15.9 Å². The van der Waals surface area contributed by atoms with Gasteiger partial charge in [-0.1, -0.05) is 15.9 Å². The highest BCUT2D eigenvalue weighted by atomic mass is 79.9. The number of carbonyl (C=O) groups is 1. The lowest BCUT2D eigenvalue weighted by atomic mass is 10.1. The third kappa shape index (κ3) is 4.65. The number of nitrogens with zero attached hydrogens (tertiary/aromatic N) is 1. The van der Waals surface area contributed by atoms with Gasteiger partial charge in [-0.3, -0.25) is 9.52 Å². The standard InChI is InChI=1S/C19H21BrN2O5S/c1-13-12-22(9-10-27-13)19(23)14-3-8-17(26-2)18(11-14)28(24,25)21-16-6-4-15(20)5-7-16/h3-8,11,13,21H,9-10,12H2,1-2H3. The van der Waals surface area contributed by atoms with Crippen molar-refractivity contribution in [1.82, 2.24) is 4.90 Å². The van der Waals surface area contributed by atoms with E-state index in [1.165, 1.54) is 19.2 Å². The van der Waals surface area contributed by atoms with Crippen molar-refractivity contribution in [2.24, 2.45) is 0 Å². The van der Waals surface area contributed by atoms with Gasteiger partial charge < -0.3 is 14.4 Å². The van der Waals surface area contributed by atoms with Crippen molar-refractivity contribution in [3.63, 3.8) is 0 Å². The molecule has 150 valence electrons. The smallest absolute Gasteiger partial charge is 0.265 e. The largest absolute Gasteiger partial charge is 0.495 e. The lowest BCUT2D eigenvalue weighted by molar-refractivity contribution is -0.0124. The van der Waals surface area contributed by atoms with Gasteiger partial charge in [0.1, 0.15) is 10.6 Å². The summed E-state index contributed by atoms with van der Waals surface area (Å²) in [5.41, 5.74) is 0.690. The lowest BCUT2D eigenvalue weighted by Crippen LogP contribution is -2.44. The predicted octanol–water partition coefficient (Wildman–Crippen LogP) is 3.12. The molecule has 1 atom stereocenters. The highest BCUT2D eigenvalue weighted by Crippen LogP contribution is 2.28. The van der Waals surface area contributed by atoms with Crippen LogP contribution in [-0.4, -0.2) is 52.1 Å². The van der Waals surface area contributed by atoms with Crippen molar-refractivity contribution in [3.8, 4) is 5.75 Å². The Morgan fingerprint density at radius 1 is 1.25 bits per heavy atom. The summed E-state index contributed by atoms with van der Waals surface area (Å²) in [6.07, 6.45) is -0.0572. The number of hydrogen-bond acceptors (Lipinski definition) is 5. The van der Waals surface area contributed by atoms with E-state index in [1.807, 2.05) is 6.92 Å². The Balaban J connectivity index is 1.92. The molecule has 1 unspecified atom stereocenters. The fourth-order valence-electron chi connectivity index (χ4n) is 2.93. The Bertz CT molecular complexity index is 963. The van der Waals surface area contributed by atoms with Crippen LogP contribution in [0.4, 0.5) is 5.69 Å². The Morgan fingerprint density at radius 3 is 2.61 bits per heavy atom. The molecule has 0 bridgehead atoms. The van der Waals surface area contributed by atoms with Crippen LogP contribution in [0.25, 0.3) is 0 Å². The van der Waals surface area contributed by atoms with Gasteiger partial charge in [0.05, 0.1) is 19.8 Å². The maximum absolute atomic E-state index is 12.9. The Morgan fingerprint density at radius 2 is 1.96 bits per heavy atom. The topological polar surface area (TPSA) is 84.9 Å². The third-order valence-electron chi connectivity index (χ3n) is 4.32. The second-order valence-corrected chi connectivity index (χ2v) is 8.98. The van der Waals surface area contributed by atoms with Crippen molar-refractivity contribution >= 4 is 37.5 Å². The quantitative estimate of drug-likeness (QED) is 0.728. The van der Waals surface area contributed by atoms with Crippen LogP contribution in [0.15, 0.2) is 51.8 Å². The lowest BCUT2D eigenvalue weighted by Gasteiger charge is -2.31. The van der Waals surface area contributed by atoms with Crippen LogP contribution in [0.1, 0.15) is 17.3 Å². The number of hydrogen-bond donors (Lipinski definition) is 1. The molecular weight excluding hydrogens is 448 g/mol. The van der Waals surface area contributed by atoms with Crippen LogP contribution in [0.3, 0.4) is 0 Å². The fraction of sp³-hybridized carbons (Fsp3) is 0.316. The van der Waals surface area contributed by atoms with E-state index in [-0.39, 0.29) is 28.2 Å². The molecule has 0 saturated carbocycles. The van der Waals surface area contributed by atoms with Gasteiger partial charge in [-0.25, -0.2) is 8.42 Å². The molecular formula is C19H21BrN2O5S. The zero-order chi connectivity index (χ0) is 20.3. The molecule has 2 aromatic rings. The molecule has 7 nitrogen and oxygen atoms in total. The van der Waals surface area contributed by atoms with Gasteiger partial charge in [-0.15, -0.1) is 0 Å². The minimum atomic E-state index is -3.95. The minimum absolute atomic E-state index is 0.0572. The molecule has 1 aliphatic heterocycles. The zero-order valence-electron chi connectivity index (χ0n) is 15.5. The second-order valence-electron chi connectivity index (χ2n) is 6.41. The zero-order valence-corrected chi connectivity index (χ0v) is 17.9. The molecule has 1 fully saturated rings. The summed E-state index contributed by atoms with van der Waals surface area (Å²) in [5.74, 6) is -0.0746. The van der Waals surface area contributed by atoms with Gasteiger partial charge in [0.15, 0.2) is 0 Å². The second kappa shape index (κ2) is 8.50. The molecule has 1 amide bonds. The highest BCUT2D eigenvalue weighted by Gasteiger charge is 2.26. The number of morpholine rings is 1. The molecule has 1 aliphatic rings. The first kappa shape index (κ1) is 20.6. The Labute approximate surface area is 172 Å². The number of rotatable bonds is 5. The van der Waals surface area contributed by atoms with E-state index in [1.54, 1.807) is 35.2 Å². The molecule has 0 radical (unpaired) electrons. The first-order valence-corrected chi connectivity index (χ1v) is 10.9. The number of anilines is 1. The Hall–Kier alpha value is -2.10. The monoisotopic (exact) mass is 468 g/mol. The average Bonchev–Trinajstić information content (AvgIpc) is 2.68. The van der Waals surface area contributed by atoms with Crippen LogP contribution in [0.5, 0.6) is 5.75 Å². The molecule has 0 spiro atoms. The van der Waals surface area contributed by atoms with Gasteiger partial charge in [-0.2, -0.15) is 0 Å². The summed E-state index contributed by atoms with van der Waals surface area (Å²) in [6.45, 7) is 3.28. The molecule has 1 heterocycles. The highest BCUT2D eigenvalue weighted by molar-refractivity contribution is 9.10. The maximum Gasteiger partial charge on any atom is 0.265 e. The maximum atomic E-state index is 12.9. The summed E-state index contributed by atoms with van der Waals surface area (Å²) >= 11 is 3.31. The van der Waals surface area contributed by atoms with Crippen LogP contribution in [0.2, 0.25) is 0 Å². The fourth-order valence-corrected chi connectivity index (χ4v) is 4.45. The first-order chi connectivity index (χ1) is 13.3. The Kier molecular flexibility index (Phi) is 6.26. The third-order valence-corrected chi connectivity index (χ3v) is 6.26. The van der Waals surface area contributed by atoms with E-state index in [2.05, 4.69) is 20.7 Å². The summed E-state index contributed by atoms with van der Waals surface area (Å²) in [4.78, 5) is 14.4. The average molecular weight is 469 g/mol. The molecule has 3 rings (SSSR count). The normalized spacial score (nSPS) is 17.2. The molecule has 2 aromatic carbocycles. The number of carbonyl (C=O) groups excluding carboxylic acids is 1. The van der Waals surface area contributed by atoms with Gasteiger partial charge >= 0.3 is 0 Å². The van der Waals surface area contributed by atoms with Crippen LogP contribution < -0.4 is 9.46 Å². The first-order valence-electron chi connectivity index (χ1n) is 8.67. The van der Waals surface area contributed by atoms with E-state index in [0.29, 0.717) is 25.4 Å². The summed E-state index contributed by atoms with van der Waals surface area (Å²) in [6, 6.07) is 11.1. The number of nitrogens with one attached hydrogen (secondary N) is 1. The molecule has 9 heteroatoms. The molecule has 1 saturated heterocycles. The molecule has 0 aromatic heterocycles. The van der Waals surface area contributed by atoms with E-state index in [9.17, 15) is 13.2 Å². The van der Waals surface area contributed by atoms with E-state index in [0.717, 1.165) is 4.47 Å². The van der Waals surface area contributed by atoms with Crippen molar-refractivity contribution < 1.29 is 22.7 Å². The number of halogens is 1. The molecule has 1 N–H and O–H groups in total. The van der Waals surface area contributed by atoms with E-state index in [4.69, 9.17) is 9.47 Å². The number of amides is 1. The summed E-state index contributed by atoms with van der Waals surface area (Å²) in [7, 11) is -2.56. The van der Waals surface area contributed by atoms with Crippen molar-refractivity contribution in [2.75, 3.05) is 31.5 Å². The number of ether oxygens (including phenoxy) is 2. The van der Waals surface area contributed by atoms with E-state index >= 15 is 0 Å². The number of sulfonamides is 1. The van der Waals surface area contributed by atoms with E-state index < -0.39 is 10.0 Å².